The van der Waals surface area contributed by atoms with Gasteiger partial charge in [0.25, 0.3) is 0 Å². The predicted molar refractivity (Wildman–Crippen MR) is 97.0 cm³/mol. The predicted octanol–water partition coefficient (Wildman–Crippen LogP) is 2.70. The highest BCUT2D eigenvalue weighted by Crippen LogP contribution is 2.15. The van der Waals surface area contributed by atoms with Crippen molar-refractivity contribution in [1.82, 2.24) is 0 Å². The molecular weight excluding hydrogens is 288 g/mol. The van der Waals surface area contributed by atoms with Crippen LogP contribution in [0.5, 0.6) is 0 Å². The monoisotopic (exact) mass is 312 g/mol. The van der Waals surface area contributed by atoms with Gasteiger partial charge in [0.1, 0.15) is 0 Å². The minimum atomic E-state index is 0.412. The van der Waals surface area contributed by atoms with E-state index >= 15 is 0 Å². The van der Waals surface area contributed by atoms with Crippen molar-refractivity contribution >= 4 is 17.3 Å². The summed E-state index contributed by atoms with van der Waals surface area (Å²) >= 11 is 0. The number of benzene rings is 2. The number of anilines is 2. The third-order valence-corrected chi connectivity index (χ3v) is 3.49. The molecule has 0 aliphatic rings. The van der Waals surface area contributed by atoms with Gasteiger partial charge in [-0.25, -0.2) is 0 Å². The zero-order valence-electron chi connectivity index (χ0n) is 13.7. The molecule has 0 heterocycles. The van der Waals surface area contributed by atoms with Gasteiger partial charge in [-0.15, -0.1) is 0 Å². The van der Waals surface area contributed by atoms with Crippen LogP contribution in [0.2, 0.25) is 0 Å². The molecule has 0 saturated heterocycles. The van der Waals surface area contributed by atoms with Crippen LogP contribution in [0, 0.1) is 0 Å². The first-order valence-corrected chi connectivity index (χ1v) is 7.60. The van der Waals surface area contributed by atoms with E-state index < -0.39 is 0 Å². The van der Waals surface area contributed by atoms with E-state index in [-0.39, 0.29) is 0 Å². The van der Waals surface area contributed by atoms with E-state index in [1.807, 2.05) is 49.5 Å². The highest BCUT2D eigenvalue weighted by molar-refractivity contribution is 5.92. The van der Waals surface area contributed by atoms with Gasteiger partial charge in [-0.2, -0.15) is 0 Å². The number of hydrogen-bond acceptors (Lipinski definition) is 3. The number of para-hydroxylation sites is 2. The van der Waals surface area contributed by atoms with Crippen LogP contribution in [-0.2, 0) is 11.3 Å². The second kappa shape index (κ2) is 8.80. The van der Waals surface area contributed by atoms with E-state index in [2.05, 4.69) is 27.3 Å². The Kier molecular flexibility index (Phi) is 6.44. The number of nitrogens with two attached hydrogens (primary N) is 1. The van der Waals surface area contributed by atoms with Crippen molar-refractivity contribution < 1.29 is 4.74 Å². The number of hydrogen-bond donors (Lipinski definition) is 2. The highest BCUT2D eigenvalue weighted by Gasteiger charge is 2.03. The summed E-state index contributed by atoms with van der Waals surface area (Å²) in [6.45, 7) is 1.95. The largest absolute Gasteiger partial charge is 0.380 e. The summed E-state index contributed by atoms with van der Waals surface area (Å²) in [6, 6.07) is 18.1. The Hall–Kier alpha value is -2.53. The minimum Gasteiger partial charge on any atom is -0.380 e. The van der Waals surface area contributed by atoms with Crippen LogP contribution < -0.4 is 16.0 Å². The van der Waals surface area contributed by atoms with E-state index in [9.17, 15) is 0 Å². The molecule has 0 atom stereocenters. The number of ether oxygens (including phenoxy) is 1. The van der Waals surface area contributed by atoms with Crippen LogP contribution >= 0.6 is 0 Å². The topological polar surface area (TPSA) is 62.9 Å². The fourth-order valence-corrected chi connectivity index (χ4v) is 2.23. The van der Waals surface area contributed by atoms with Crippen LogP contribution in [0.1, 0.15) is 5.56 Å². The Morgan fingerprint density at radius 1 is 1.13 bits per heavy atom. The molecule has 0 radical (unpaired) electrons. The number of rotatable bonds is 7. The van der Waals surface area contributed by atoms with Gasteiger partial charge >= 0.3 is 0 Å². The zero-order chi connectivity index (χ0) is 16.5. The second-order valence-electron chi connectivity index (χ2n) is 5.24. The van der Waals surface area contributed by atoms with Crippen LogP contribution in [0.4, 0.5) is 11.4 Å². The Morgan fingerprint density at radius 3 is 2.57 bits per heavy atom. The minimum absolute atomic E-state index is 0.412. The smallest absolute Gasteiger partial charge is 0.193 e. The van der Waals surface area contributed by atoms with Crippen molar-refractivity contribution in [1.29, 1.82) is 0 Å². The van der Waals surface area contributed by atoms with E-state index in [1.165, 1.54) is 5.69 Å². The summed E-state index contributed by atoms with van der Waals surface area (Å²) in [4.78, 5) is 6.54. The number of methoxy groups -OCH3 is 1. The summed E-state index contributed by atoms with van der Waals surface area (Å²) in [5.41, 5.74) is 9.12. The molecule has 0 fully saturated rings. The lowest BCUT2D eigenvalue weighted by atomic mass is 10.2. The molecule has 0 bridgehead atoms. The van der Waals surface area contributed by atoms with Crippen LogP contribution in [-0.4, -0.2) is 33.2 Å². The number of guanidine groups is 1. The molecule has 3 N–H and O–H groups in total. The second-order valence-corrected chi connectivity index (χ2v) is 5.24. The summed E-state index contributed by atoms with van der Waals surface area (Å²) < 4.78 is 5.18. The maximum Gasteiger partial charge on any atom is 0.193 e. The molecule has 0 saturated carbocycles. The molecule has 2 aromatic carbocycles. The lowest BCUT2D eigenvalue weighted by molar-refractivity contribution is 0.185. The van der Waals surface area contributed by atoms with Crippen LogP contribution in [0.15, 0.2) is 59.6 Å². The SMILES string of the molecule is COCc1ccccc1NC(N)=NCCN(C)c1ccccc1. The van der Waals surface area contributed by atoms with E-state index in [1.54, 1.807) is 7.11 Å². The fraction of sp³-hybridized carbons (Fsp3) is 0.278. The maximum atomic E-state index is 5.98. The molecule has 5 nitrogen and oxygen atoms in total. The number of likely N-dealkylation sites (N-methyl/N-ethyl adjacent to an activating group) is 1. The molecular formula is C18H24N4O. The average molecular weight is 312 g/mol. The lowest BCUT2D eigenvalue weighted by Gasteiger charge is -2.18. The first-order chi connectivity index (χ1) is 11.2. The number of aliphatic imine (C=N–C) groups is 1. The third-order valence-electron chi connectivity index (χ3n) is 3.49. The van der Waals surface area contributed by atoms with Crippen molar-refractivity contribution in [2.24, 2.45) is 10.7 Å². The lowest BCUT2D eigenvalue weighted by Crippen LogP contribution is -2.26. The molecule has 23 heavy (non-hydrogen) atoms. The third kappa shape index (κ3) is 5.30. The van der Waals surface area contributed by atoms with Gasteiger partial charge < -0.3 is 20.7 Å². The standard InChI is InChI=1S/C18H24N4O/c1-22(16-9-4-3-5-10-16)13-12-20-18(19)21-17-11-7-6-8-15(17)14-23-2/h3-11H,12-14H2,1-2H3,(H3,19,20,21). The summed E-state index contributed by atoms with van der Waals surface area (Å²) in [5.74, 6) is 0.412. The first kappa shape index (κ1) is 16.8. The molecule has 0 aromatic heterocycles. The van der Waals surface area contributed by atoms with Crippen molar-refractivity contribution in [2.45, 2.75) is 6.61 Å². The van der Waals surface area contributed by atoms with Gasteiger partial charge in [-0.05, 0) is 18.2 Å². The van der Waals surface area contributed by atoms with E-state index in [0.29, 0.717) is 19.1 Å². The van der Waals surface area contributed by atoms with E-state index in [4.69, 9.17) is 10.5 Å². The maximum absolute atomic E-state index is 5.98. The molecule has 122 valence electrons. The summed E-state index contributed by atoms with van der Waals surface area (Å²) in [6.07, 6.45) is 0. The molecule has 0 unspecified atom stereocenters. The average Bonchev–Trinajstić information content (AvgIpc) is 2.57. The molecule has 5 heteroatoms. The van der Waals surface area contributed by atoms with Crippen molar-refractivity contribution in [3.8, 4) is 0 Å². The first-order valence-electron chi connectivity index (χ1n) is 7.60. The molecule has 0 spiro atoms. The van der Waals surface area contributed by atoms with Crippen molar-refractivity contribution in [2.75, 3.05) is 37.5 Å². The summed E-state index contributed by atoms with van der Waals surface area (Å²) in [7, 11) is 3.72. The molecule has 0 aliphatic carbocycles. The molecule has 2 rings (SSSR count). The van der Waals surface area contributed by atoms with Crippen molar-refractivity contribution in [3.05, 3.63) is 60.2 Å². The van der Waals surface area contributed by atoms with Gasteiger partial charge in [0.15, 0.2) is 5.96 Å². The number of nitrogens with zero attached hydrogens (tertiary/aromatic N) is 2. The molecule has 0 amide bonds. The zero-order valence-corrected chi connectivity index (χ0v) is 13.7. The van der Waals surface area contributed by atoms with Crippen molar-refractivity contribution in [3.63, 3.8) is 0 Å². The van der Waals surface area contributed by atoms with E-state index in [0.717, 1.165) is 17.8 Å². The molecule has 0 aliphatic heterocycles. The quantitative estimate of drug-likeness (QED) is 0.609. The Labute approximate surface area is 137 Å². The van der Waals surface area contributed by atoms with Gasteiger partial charge in [0.05, 0.1) is 13.2 Å². The Bertz CT molecular complexity index is 628. The Morgan fingerprint density at radius 2 is 1.83 bits per heavy atom. The summed E-state index contributed by atoms with van der Waals surface area (Å²) in [5, 5.41) is 3.14. The van der Waals surface area contributed by atoms with Crippen LogP contribution in [0.25, 0.3) is 0 Å². The van der Waals surface area contributed by atoms with Gasteiger partial charge in [-0.3, -0.25) is 4.99 Å². The normalized spacial score (nSPS) is 11.3. The van der Waals surface area contributed by atoms with Gasteiger partial charge in [0, 0.05) is 37.6 Å². The highest BCUT2D eigenvalue weighted by atomic mass is 16.5. The molecule has 2 aromatic rings. The fourth-order valence-electron chi connectivity index (χ4n) is 2.23. The Balaban J connectivity index is 1.88. The number of nitrogens with one attached hydrogen (secondary N) is 1. The van der Waals surface area contributed by atoms with Gasteiger partial charge in [0.2, 0.25) is 0 Å². The van der Waals surface area contributed by atoms with Gasteiger partial charge in [-0.1, -0.05) is 36.4 Å². The van der Waals surface area contributed by atoms with Crippen LogP contribution in [0.3, 0.4) is 0 Å².